The fourth-order valence-electron chi connectivity index (χ4n) is 3.02. The number of anilines is 3. The van der Waals surface area contributed by atoms with E-state index in [1.807, 2.05) is 0 Å². The summed E-state index contributed by atoms with van der Waals surface area (Å²) in [4.78, 5) is 8.66. The normalized spacial score (nSPS) is 18.1. The van der Waals surface area contributed by atoms with Gasteiger partial charge in [0.25, 0.3) is 0 Å². The molecule has 0 aliphatic heterocycles. The number of fused-ring (bicyclic) bond motifs is 1. The van der Waals surface area contributed by atoms with Crippen LogP contribution in [0.3, 0.4) is 0 Å². The molecule has 0 bridgehead atoms. The molecule has 1 aromatic carbocycles. The topological polar surface area (TPSA) is 93.7 Å². The lowest BCUT2D eigenvalue weighted by molar-refractivity contribution is -0.137. The summed E-state index contributed by atoms with van der Waals surface area (Å²) in [5.74, 6) is 0.354. The molecule has 7 nitrogen and oxygen atoms in total. The Balaban J connectivity index is 1.69. The largest absolute Gasteiger partial charge is 0.416 e. The Morgan fingerprint density at radius 2 is 2.00 bits per heavy atom. The van der Waals surface area contributed by atoms with Gasteiger partial charge >= 0.3 is 6.18 Å². The van der Waals surface area contributed by atoms with E-state index < -0.39 is 18.7 Å². The molecule has 1 saturated carbocycles. The van der Waals surface area contributed by atoms with E-state index in [0.717, 1.165) is 36.1 Å². The zero-order valence-corrected chi connectivity index (χ0v) is 14.7. The highest BCUT2D eigenvalue weighted by molar-refractivity contribution is 5.89. The number of aromatic nitrogens is 4. The Bertz CT molecular complexity index is 1090. The lowest BCUT2D eigenvalue weighted by Crippen LogP contribution is -2.52. The van der Waals surface area contributed by atoms with Gasteiger partial charge < -0.3 is 16.4 Å². The summed E-state index contributed by atoms with van der Waals surface area (Å²) in [6.45, 7) is -2.16. The maximum absolute atomic E-state index is 12.8. The second kappa shape index (κ2) is 6.62. The number of rotatable bonds is 5. The number of nitrogens with zero attached hydrogens (tertiary/aromatic N) is 4. The number of hydrogen-bond donors (Lipinski definition) is 3. The first-order chi connectivity index (χ1) is 14.4. The van der Waals surface area contributed by atoms with Crippen LogP contribution in [0.4, 0.5) is 30.6 Å². The molecule has 28 heavy (non-hydrogen) atoms. The Kier molecular flexibility index (Phi) is 3.57. The van der Waals surface area contributed by atoms with Gasteiger partial charge in [-0.1, -0.05) is 0 Å². The van der Waals surface area contributed by atoms with E-state index in [2.05, 4.69) is 25.7 Å². The summed E-state index contributed by atoms with van der Waals surface area (Å²) in [7, 11) is 0. The zero-order valence-electron chi connectivity index (χ0n) is 17.7. The van der Waals surface area contributed by atoms with Crippen molar-refractivity contribution in [2.45, 2.75) is 31.0 Å². The molecule has 148 valence electrons. The van der Waals surface area contributed by atoms with Crippen molar-refractivity contribution < 1.29 is 17.3 Å². The molecule has 2 aromatic heterocycles. The smallest absolute Gasteiger partial charge is 0.352 e. The highest BCUT2D eigenvalue weighted by Gasteiger charge is 2.32. The summed E-state index contributed by atoms with van der Waals surface area (Å²) in [6, 6.07) is 4.42. The summed E-state index contributed by atoms with van der Waals surface area (Å²) in [6.07, 6.45) is -0.407. The highest BCUT2D eigenvalue weighted by atomic mass is 19.4. The molecule has 0 unspecified atom stereocenters. The Morgan fingerprint density at radius 3 is 2.61 bits per heavy atom. The van der Waals surface area contributed by atoms with E-state index >= 15 is 0 Å². The van der Waals surface area contributed by atoms with E-state index in [4.69, 9.17) is 9.85 Å². The number of nitrogens with one attached hydrogen (secondary N) is 2. The van der Waals surface area contributed by atoms with Crippen LogP contribution in [0, 0.1) is 0 Å². The van der Waals surface area contributed by atoms with E-state index in [9.17, 15) is 13.2 Å². The third-order valence-electron chi connectivity index (χ3n) is 4.85. The minimum Gasteiger partial charge on any atom is -0.352 e. The minimum absolute atomic E-state index is 0.0617. The van der Waals surface area contributed by atoms with Crippen molar-refractivity contribution in [3.05, 3.63) is 36.0 Å². The summed E-state index contributed by atoms with van der Waals surface area (Å²) in [5.41, 5.74) is 5.47. The lowest BCUT2D eigenvalue weighted by atomic mass is 9.78. The Morgan fingerprint density at radius 1 is 1.25 bits per heavy atom. The molecule has 2 heterocycles. The first-order valence-electron chi connectivity index (χ1n) is 10.2. The van der Waals surface area contributed by atoms with Gasteiger partial charge in [-0.15, -0.1) is 0 Å². The van der Waals surface area contributed by atoms with Crippen LogP contribution in [0.2, 0.25) is 0 Å². The fourth-order valence-corrected chi connectivity index (χ4v) is 3.02. The van der Waals surface area contributed by atoms with Gasteiger partial charge in [0.05, 0.1) is 17.1 Å². The van der Waals surface area contributed by atoms with Gasteiger partial charge in [-0.3, -0.25) is 4.68 Å². The van der Waals surface area contributed by atoms with E-state index in [0.29, 0.717) is 17.6 Å². The van der Waals surface area contributed by atoms with Crippen LogP contribution in [0.15, 0.2) is 30.5 Å². The summed E-state index contributed by atoms with van der Waals surface area (Å²) < 4.78 is 62.2. The number of benzene rings is 1. The maximum Gasteiger partial charge on any atom is 0.416 e. The standard InChI is InChI=1S/C18H20F3N7/c1-28-15-13(9-24-28)14(25-12-5-3-11(4-6-12)18(19,20)21)26-16(27-15)23-10-17(22)7-2-8-17/h3-6,9H,2,7-8,10,22H2,1H3,(H2,23,25,26,27)/i1D3. The third kappa shape index (κ3) is 3.59. The van der Waals surface area contributed by atoms with E-state index in [1.165, 1.54) is 18.3 Å². The molecule has 1 aliphatic carbocycles. The molecule has 0 amide bonds. The van der Waals surface area contributed by atoms with Gasteiger partial charge in [-0.05, 0) is 43.5 Å². The van der Waals surface area contributed by atoms with Gasteiger partial charge in [0.2, 0.25) is 5.95 Å². The molecule has 10 heteroatoms. The second-order valence-electron chi connectivity index (χ2n) is 6.96. The Labute approximate surface area is 163 Å². The van der Waals surface area contributed by atoms with E-state index in [-0.39, 0.29) is 23.0 Å². The molecular formula is C18H20F3N7. The second-order valence-corrected chi connectivity index (χ2v) is 6.96. The number of aryl methyl sites for hydroxylation is 1. The van der Waals surface area contributed by atoms with Crippen LogP contribution in [-0.2, 0) is 13.2 Å². The van der Waals surface area contributed by atoms with Crippen LogP contribution < -0.4 is 16.4 Å². The fraction of sp³-hybridized carbons (Fsp3) is 0.389. The van der Waals surface area contributed by atoms with Gasteiger partial charge in [0.1, 0.15) is 5.82 Å². The van der Waals surface area contributed by atoms with Gasteiger partial charge in [-0.2, -0.15) is 28.2 Å². The summed E-state index contributed by atoms with van der Waals surface area (Å²) >= 11 is 0. The van der Waals surface area contributed by atoms with Crippen LogP contribution in [-0.4, -0.2) is 31.8 Å². The molecule has 1 fully saturated rings. The minimum atomic E-state index is -4.45. The van der Waals surface area contributed by atoms with Crippen molar-refractivity contribution in [3.63, 3.8) is 0 Å². The van der Waals surface area contributed by atoms with Crippen molar-refractivity contribution in [1.29, 1.82) is 0 Å². The summed E-state index contributed by atoms with van der Waals surface area (Å²) in [5, 5.41) is 10.2. The molecule has 1 aliphatic rings. The van der Waals surface area contributed by atoms with Crippen molar-refractivity contribution in [2.75, 3.05) is 17.2 Å². The van der Waals surface area contributed by atoms with Crippen molar-refractivity contribution >= 4 is 28.5 Å². The number of nitrogens with two attached hydrogens (primary N) is 1. The average molecular weight is 394 g/mol. The van der Waals surface area contributed by atoms with Crippen LogP contribution in [0.25, 0.3) is 11.0 Å². The molecule has 0 radical (unpaired) electrons. The Hall–Kier alpha value is -2.88. The van der Waals surface area contributed by atoms with Gasteiger partial charge in [0.15, 0.2) is 5.65 Å². The predicted molar refractivity (Wildman–Crippen MR) is 100 cm³/mol. The third-order valence-corrected chi connectivity index (χ3v) is 4.85. The number of alkyl halides is 3. The monoisotopic (exact) mass is 394 g/mol. The molecule has 0 spiro atoms. The molecule has 4 N–H and O–H groups in total. The molecule has 0 saturated heterocycles. The lowest BCUT2D eigenvalue weighted by Gasteiger charge is -2.38. The number of halogens is 3. The quantitative estimate of drug-likeness (QED) is 0.614. The first kappa shape index (κ1) is 15.1. The molecule has 0 atom stereocenters. The predicted octanol–water partition coefficient (Wildman–Crippen LogP) is 3.42. The molecule has 3 aromatic rings. The number of hydrogen-bond acceptors (Lipinski definition) is 6. The van der Waals surface area contributed by atoms with Gasteiger partial charge in [0, 0.05) is 28.9 Å². The average Bonchev–Trinajstić information content (AvgIpc) is 3.09. The highest BCUT2D eigenvalue weighted by Crippen LogP contribution is 2.32. The zero-order chi connectivity index (χ0) is 22.4. The van der Waals surface area contributed by atoms with E-state index in [1.54, 1.807) is 0 Å². The van der Waals surface area contributed by atoms with Gasteiger partial charge in [-0.25, -0.2) is 0 Å². The van der Waals surface area contributed by atoms with Crippen LogP contribution >= 0.6 is 0 Å². The van der Waals surface area contributed by atoms with Crippen molar-refractivity contribution in [2.24, 2.45) is 12.7 Å². The SMILES string of the molecule is [2H]C([2H])([2H])n1ncc2c(Nc3ccc(C(F)(F)F)cc3)nc(NCC3(N)CCC3)nc21. The molecular weight excluding hydrogens is 371 g/mol. The van der Waals surface area contributed by atoms with Crippen LogP contribution in [0.1, 0.15) is 28.9 Å². The first-order valence-corrected chi connectivity index (χ1v) is 8.68. The van der Waals surface area contributed by atoms with Crippen molar-refractivity contribution in [1.82, 2.24) is 19.7 Å². The van der Waals surface area contributed by atoms with Crippen molar-refractivity contribution in [3.8, 4) is 0 Å². The van der Waals surface area contributed by atoms with Crippen LogP contribution in [0.5, 0.6) is 0 Å². The molecule has 4 rings (SSSR count). The maximum atomic E-state index is 12.8.